The second kappa shape index (κ2) is 19.8. The maximum atomic E-state index is 13.3. The summed E-state index contributed by atoms with van der Waals surface area (Å²) in [5.41, 5.74) is 1.81. The Hall–Kier alpha value is -1.92. The molecular formula is C54H89BrN4O6. The number of rotatable bonds is 7. The lowest BCUT2D eigenvalue weighted by atomic mass is 9.44. The number of H-pyrrole nitrogens is 1. The highest BCUT2D eigenvalue weighted by molar-refractivity contribution is 9.09. The molecule has 11 heteroatoms. The highest BCUT2D eigenvalue weighted by Crippen LogP contribution is 2.70. The van der Waals surface area contributed by atoms with Gasteiger partial charge in [-0.3, -0.25) is 19.4 Å². The van der Waals surface area contributed by atoms with Crippen LogP contribution in [0.25, 0.3) is 0 Å². The van der Waals surface area contributed by atoms with E-state index in [1.165, 1.54) is 64.2 Å². The van der Waals surface area contributed by atoms with Gasteiger partial charge in [0.05, 0.1) is 48.7 Å². The van der Waals surface area contributed by atoms with E-state index in [1.54, 1.807) is 29.5 Å². The highest BCUT2D eigenvalue weighted by atomic mass is 79.9. The average Bonchev–Trinajstić information content (AvgIpc) is 4.07. The monoisotopic (exact) mass is 969 g/mol. The van der Waals surface area contributed by atoms with Crippen LogP contribution in [0.15, 0.2) is 24.8 Å². The predicted molar refractivity (Wildman–Crippen MR) is 262 cm³/mol. The van der Waals surface area contributed by atoms with Crippen LogP contribution in [-0.2, 0) is 29.3 Å². The summed E-state index contributed by atoms with van der Waals surface area (Å²) in [7, 11) is 0. The minimum atomic E-state index is -0.479. The Morgan fingerprint density at radius 2 is 1.11 bits per heavy atom. The maximum Gasteiger partial charge on any atom is 0.157 e. The number of hydrogen-bond donors (Lipinski definition) is 5. The topological polar surface area (TPSA) is 162 Å². The van der Waals surface area contributed by atoms with E-state index in [4.69, 9.17) is 5.11 Å². The number of aromatic amines is 1. The second-order valence-corrected chi connectivity index (χ2v) is 24.7. The second-order valence-electron chi connectivity index (χ2n) is 24.1. The van der Waals surface area contributed by atoms with Gasteiger partial charge in [-0.1, -0.05) is 58.5 Å². The van der Waals surface area contributed by atoms with Crippen molar-refractivity contribution in [1.82, 2.24) is 20.0 Å². The molecule has 368 valence electrons. The number of ketones is 2. The van der Waals surface area contributed by atoms with E-state index in [2.05, 4.69) is 58.9 Å². The lowest BCUT2D eigenvalue weighted by Crippen LogP contribution is -2.55. The lowest BCUT2D eigenvalue weighted by molar-refractivity contribution is -0.151. The standard InChI is InChI=1S/C26H40N2O3.C22H35BrO2.C4H6N2O.2CH4/c1-24(31)10-11-25(2)18(12-24)4-5-19-20-6-7-22(26(20,3)9-8-21(19)25)23(30)15-28-14-17(16-29)13-27-28;1-20(25)10-11-21(2)14(12-20)4-5-15-16-6-7-18(19(24)13-23)22(16,3)9-8-17(15)21;7-3-4-1-5-6-2-4;;/h13-14,18-22,29,31H,4-12,15-16H2,1-3H3;14-18,25H,4-13H2,1-3H3;1-2,7H,3H2,(H,5,6);2*1H4/t18-,19-,20-,21-,22+,24+,25-,26-;14-,15-,16-,17-,18+,20+,21-,22-;;;/m00.../s1. The lowest BCUT2D eigenvalue weighted by Gasteiger charge is -2.61. The first kappa shape index (κ1) is 52.5. The van der Waals surface area contributed by atoms with Crippen LogP contribution < -0.4 is 0 Å². The van der Waals surface area contributed by atoms with Gasteiger partial charge < -0.3 is 20.4 Å². The number of aliphatic hydroxyl groups is 4. The number of carbonyl (C=O) groups is 2. The molecule has 0 amide bonds. The molecule has 0 unspecified atom stereocenters. The van der Waals surface area contributed by atoms with Crippen molar-refractivity contribution in [1.29, 1.82) is 0 Å². The maximum absolute atomic E-state index is 13.3. The third kappa shape index (κ3) is 9.69. The summed E-state index contributed by atoms with van der Waals surface area (Å²) in [6, 6.07) is 0. The van der Waals surface area contributed by atoms with Crippen LogP contribution in [0, 0.1) is 80.8 Å². The number of fused-ring (bicyclic) bond motifs is 10. The molecule has 8 saturated carbocycles. The van der Waals surface area contributed by atoms with Gasteiger partial charge >= 0.3 is 0 Å². The van der Waals surface area contributed by atoms with Gasteiger partial charge in [-0.15, -0.1) is 0 Å². The summed E-state index contributed by atoms with van der Waals surface area (Å²) < 4.78 is 1.70. The first-order chi connectivity index (χ1) is 29.8. The SMILES string of the molecule is C.C.C[C@@]1(O)CC[C@@]2(C)[C@@H](CC[C@@H]3[C@@H]2CC[C@]2(C)[C@@H](C(=O)CBr)CC[C@@H]32)C1.C[C@@]1(O)CC[C@@]2(C)[C@@H](CC[C@@H]3[C@@H]2CC[C@]2(C)[C@@H](C(=O)Cn4cc(CO)cn4)CC[C@@H]32)C1.OCc1cn[nH]c1. The molecule has 0 radical (unpaired) electrons. The molecular weight excluding hydrogens is 881 g/mol. The van der Waals surface area contributed by atoms with Gasteiger partial charge in [-0.25, -0.2) is 0 Å². The van der Waals surface area contributed by atoms with E-state index in [-0.39, 0.29) is 50.7 Å². The van der Waals surface area contributed by atoms with Crippen LogP contribution >= 0.6 is 15.9 Å². The molecule has 2 heterocycles. The van der Waals surface area contributed by atoms with Crippen LogP contribution in [0.4, 0.5) is 0 Å². The summed E-state index contributed by atoms with van der Waals surface area (Å²) in [6.07, 6.45) is 27.6. The number of halogens is 1. The van der Waals surface area contributed by atoms with Crippen molar-refractivity contribution in [2.75, 3.05) is 5.33 Å². The minimum absolute atomic E-state index is 0. The van der Waals surface area contributed by atoms with Crippen molar-refractivity contribution < 1.29 is 30.0 Å². The van der Waals surface area contributed by atoms with Crippen LogP contribution in [-0.4, -0.2) is 68.5 Å². The summed E-state index contributed by atoms with van der Waals surface area (Å²) in [4.78, 5) is 25.9. The molecule has 0 saturated heterocycles. The summed E-state index contributed by atoms with van der Waals surface area (Å²) in [5, 5.41) is 49.9. The number of hydrogen-bond acceptors (Lipinski definition) is 8. The predicted octanol–water partition coefficient (Wildman–Crippen LogP) is 10.9. The van der Waals surface area contributed by atoms with E-state index in [0.29, 0.717) is 52.0 Å². The van der Waals surface area contributed by atoms with Crippen LogP contribution in [0.3, 0.4) is 0 Å². The molecule has 2 aromatic heterocycles. The zero-order valence-electron chi connectivity index (χ0n) is 39.5. The number of nitrogens with zero attached hydrogens (tertiary/aromatic N) is 3. The van der Waals surface area contributed by atoms with Crippen molar-refractivity contribution in [3.63, 3.8) is 0 Å². The normalized spacial score (nSPS) is 44.5. The molecule has 10 rings (SSSR count). The summed E-state index contributed by atoms with van der Waals surface area (Å²) in [5.74, 6) is 7.08. The molecule has 0 aromatic carbocycles. The third-order valence-electron chi connectivity index (χ3n) is 20.7. The smallest absolute Gasteiger partial charge is 0.157 e. The van der Waals surface area contributed by atoms with E-state index in [1.807, 2.05) is 13.8 Å². The molecule has 65 heavy (non-hydrogen) atoms. The Morgan fingerprint density at radius 3 is 1.52 bits per heavy atom. The molecule has 0 bridgehead atoms. The van der Waals surface area contributed by atoms with Gasteiger partial charge in [0.25, 0.3) is 0 Å². The number of Topliss-reactive ketones (excluding diaryl/α,β-unsaturated/α-hetero) is 2. The zero-order valence-corrected chi connectivity index (χ0v) is 41.1. The fraction of sp³-hybridized carbons (Fsp3) is 0.852. The molecule has 16 atom stereocenters. The zero-order chi connectivity index (χ0) is 45.2. The number of aromatic nitrogens is 4. The summed E-state index contributed by atoms with van der Waals surface area (Å²) in [6.45, 7) is 14.4. The van der Waals surface area contributed by atoms with Crippen molar-refractivity contribution in [2.45, 2.75) is 203 Å². The average molecular weight is 970 g/mol. The van der Waals surface area contributed by atoms with Crippen molar-refractivity contribution in [3.05, 3.63) is 35.9 Å². The van der Waals surface area contributed by atoms with Gasteiger partial charge in [0.15, 0.2) is 5.78 Å². The highest BCUT2D eigenvalue weighted by Gasteiger charge is 2.63. The molecule has 5 N–H and O–H groups in total. The minimum Gasteiger partial charge on any atom is -0.392 e. The van der Waals surface area contributed by atoms with Gasteiger partial charge in [0, 0.05) is 35.4 Å². The first-order valence-electron chi connectivity index (χ1n) is 25.1. The number of aliphatic hydroxyl groups excluding tert-OH is 2. The Bertz CT molecular complexity index is 1920. The van der Waals surface area contributed by atoms with E-state index in [9.17, 15) is 24.9 Å². The largest absolute Gasteiger partial charge is 0.392 e. The number of nitrogens with one attached hydrogen (secondary N) is 1. The number of alkyl halides is 1. The van der Waals surface area contributed by atoms with Gasteiger partial charge in [-0.05, 0) is 198 Å². The van der Waals surface area contributed by atoms with Gasteiger partial charge in [-0.2, -0.15) is 10.2 Å². The fourth-order valence-corrected chi connectivity index (χ4v) is 17.6. The molecule has 8 fully saturated rings. The molecule has 10 nitrogen and oxygen atoms in total. The van der Waals surface area contributed by atoms with Gasteiger partial charge in [0.1, 0.15) is 5.78 Å². The fourth-order valence-electron chi connectivity index (χ4n) is 17.2. The number of carbonyl (C=O) groups excluding carboxylic acids is 2. The Morgan fingerprint density at radius 1 is 0.631 bits per heavy atom. The van der Waals surface area contributed by atoms with Crippen LogP contribution in [0.2, 0.25) is 0 Å². The van der Waals surface area contributed by atoms with Gasteiger partial charge in [0.2, 0.25) is 0 Å². The molecule has 0 aliphatic heterocycles. The molecule has 2 aromatic rings. The molecule has 8 aliphatic carbocycles. The quantitative estimate of drug-likeness (QED) is 0.171. The van der Waals surface area contributed by atoms with Crippen LogP contribution in [0.1, 0.15) is 183 Å². The summed E-state index contributed by atoms with van der Waals surface area (Å²) >= 11 is 3.43. The van der Waals surface area contributed by atoms with E-state index in [0.717, 1.165) is 92.1 Å². The van der Waals surface area contributed by atoms with Crippen molar-refractivity contribution >= 4 is 27.5 Å². The molecule has 8 aliphatic rings. The molecule has 0 spiro atoms. The Balaban J connectivity index is 0.000000185. The van der Waals surface area contributed by atoms with Crippen molar-refractivity contribution in [2.24, 2.45) is 80.8 Å². The van der Waals surface area contributed by atoms with E-state index >= 15 is 0 Å². The first-order valence-corrected chi connectivity index (χ1v) is 26.2. The third-order valence-corrected chi connectivity index (χ3v) is 21.3. The Kier molecular flexibility index (Phi) is 16.0. The van der Waals surface area contributed by atoms with Crippen LogP contribution in [0.5, 0.6) is 0 Å². The van der Waals surface area contributed by atoms with Crippen molar-refractivity contribution in [3.8, 4) is 0 Å². The van der Waals surface area contributed by atoms with E-state index < -0.39 is 11.2 Å². The Labute approximate surface area is 400 Å².